The van der Waals surface area contributed by atoms with Crippen LogP contribution in [0.15, 0.2) is 0 Å². The minimum Gasteiger partial charge on any atom is -0.394 e. The number of ether oxygens (including phenoxy) is 1. The molecule has 4 N–H and O–H groups in total. The molecule has 0 radical (unpaired) electrons. The van der Waals surface area contributed by atoms with Crippen LogP contribution in [0, 0.1) is 5.92 Å². The average molecular weight is 218 g/mol. The highest BCUT2D eigenvalue weighted by Crippen LogP contribution is 2.05. The second kappa shape index (κ2) is 7.62. The molecule has 0 saturated heterocycles. The van der Waals surface area contributed by atoms with E-state index in [0.717, 1.165) is 6.42 Å². The molecular weight excluding hydrogens is 196 g/mol. The summed E-state index contributed by atoms with van der Waals surface area (Å²) in [5, 5.41) is 11.6. The lowest BCUT2D eigenvalue weighted by Crippen LogP contribution is -2.50. The van der Waals surface area contributed by atoms with Crippen LogP contribution in [0.4, 0.5) is 0 Å². The second-order valence-electron chi connectivity index (χ2n) is 3.75. The van der Waals surface area contributed by atoms with E-state index in [1.165, 1.54) is 7.11 Å². The maximum absolute atomic E-state index is 11.6. The summed E-state index contributed by atoms with van der Waals surface area (Å²) in [7, 11) is 1.52. The zero-order valence-electron chi connectivity index (χ0n) is 9.69. The maximum atomic E-state index is 11.6. The lowest BCUT2D eigenvalue weighted by atomic mass is 9.99. The van der Waals surface area contributed by atoms with Gasteiger partial charge in [-0.05, 0) is 5.92 Å². The Morgan fingerprint density at radius 3 is 2.60 bits per heavy atom. The van der Waals surface area contributed by atoms with E-state index in [1.807, 2.05) is 13.8 Å². The van der Waals surface area contributed by atoms with Crippen molar-refractivity contribution in [3.8, 4) is 0 Å². The Kier molecular flexibility index (Phi) is 7.29. The topological polar surface area (TPSA) is 84.6 Å². The van der Waals surface area contributed by atoms with Crippen LogP contribution in [0.25, 0.3) is 0 Å². The van der Waals surface area contributed by atoms with Crippen LogP contribution in [0.2, 0.25) is 0 Å². The van der Waals surface area contributed by atoms with Gasteiger partial charge in [-0.25, -0.2) is 0 Å². The van der Waals surface area contributed by atoms with Gasteiger partial charge in [0.05, 0.1) is 25.3 Å². The van der Waals surface area contributed by atoms with E-state index in [0.29, 0.717) is 0 Å². The van der Waals surface area contributed by atoms with Crippen LogP contribution in [0.3, 0.4) is 0 Å². The van der Waals surface area contributed by atoms with Gasteiger partial charge in [-0.2, -0.15) is 0 Å². The number of nitrogens with two attached hydrogens (primary N) is 1. The first-order chi connectivity index (χ1) is 7.06. The van der Waals surface area contributed by atoms with Gasteiger partial charge >= 0.3 is 0 Å². The summed E-state index contributed by atoms with van der Waals surface area (Å²) in [5.74, 6) is -0.104. The largest absolute Gasteiger partial charge is 0.394 e. The number of hydrogen-bond donors (Lipinski definition) is 3. The van der Waals surface area contributed by atoms with Crippen molar-refractivity contribution in [3.05, 3.63) is 0 Å². The van der Waals surface area contributed by atoms with E-state index in [2.05, 4.69) is 5.32 Å². The standard InChI is InChI=1S/C10H22N2O3/c1-4-7(2)9(11)10(14)12-8(5-13)6-15-3/h7-9,13H,4-6,11H2,1-3H3,(H,12,14)/t7-,8?,9-/m0/s1. The van der Waals surface area contributed by atoms with Crippen LogP contribution >= 0.6 is 0 Å². The fourth-order valence-electron chi connectivity index (χ4n) is 1.15. The van der Waals surface area contributed by atoms with Crippen molar-refractivity contribution < 1.29 is 14.6 Å². The van der Waals surface area contributed by atoms with E-state index in [4.69, 9.17) is 15.6 Å². The number of aliphatic hydroxyl groups is 1. The first-order valence-electron chi connectivity index (χ1n) is 5.22. The minimum atomic E-state index is -0.527. The van der Waals surface area contributed by atoms with E-state index in [9.17, 15) is 4.79 Å². The third kappa shape index (κ3) is 5.11. The van der Waals surface area contributed by atoms with Gasteiger partial charge in [0, 0.05) is 7.11 Å². The highest BCUT2D eigenvalue weighted by molar-refractivity contribution is 5.82. The number of nitrogens with one attached hydrogen (secondary N) is 1. The lowest BCUT2D eigenvalue weighted by molar-refractivity contribution is -0.124. The van der Waals surface area contributed by atoms with E-state index >= 15 is 0 Å². The second-order valence-corrected chi connectivity index (χ2v) is 3.75. The van der Waals surface area contributed by atoms with Gasteiger partial charge in [0.15, 0.2) is 0 Å². The van der Waals surface area contributed by atoms with Gasteiger partial charge in [0.2, 0.25) is 5.91 Å². The van der Waals surface area contributed by atoms with Crippen molar-refractivity contribution in [2.75, 3.05) is 20.3 Å². The molecule has 0 aromatic rings. The molecule has 0 bridgehead atoms. The molecule has 5 nitrogen and oxygen atoms in total. The number of carbonyl (C=O) groups is 1. The van der Waals surface area contributed by atoms with E-state index in [-0.39, 0.29) is 31.1 Å². The van der Waals surface area contributed by atoms with E-state index in [1.54, 1.807) is 0 Å². The van der Waals surface area contributed by atoms with Gasteiger partial charge in [-0.1, -0.05) is 20.3 Å². The van der Waals surface area contributed by atoms with Gasteiger partial charge in [-0.15, -0.1) is 0 Å². The highest BCUT2D eigenvalue weighted by atomic mass is 16.5. The Morgan fingerprint density at radius 1 is 1.60 bits per heavy atom. The van der Waals surface area contributed by atoms with Crippen LogP contribution in [0.5, 0.6) is 0 Å². The van der Waals surface area contributed by atoms with Gasteiger partial charge < -0.3 is 20.9 Å². The molecule has 0 fully saturated rings. The summed E-state index contributed by atoms with van der Waals surface area (Å²) >= 11 is 0. The van der Waals surface area contributed by atoms with Crippen molar-refractivity contribution in [1.82, 2.24) is 5.32 Å². The molecule has 0 spiro atoms. The van der Waals surface area contributed by atoms with Crippen LogP contribution in [-0.2, 0) is 9.53 Å². The molecule has 3 atom stereocenters. The van der Waals surface area contributed by atoms with Gasteiger partial charge in [0.25, 0.3) is 0 Å². The molecule has 90 valence electrons. The Bertz CT molecular complexity index is 188. The normalized spacial score (nSPS) is 16.9. The number of rotatable bonds is 7. The fourth-order valence-corrected chi connectivity index (χ4v) is 1.15. The van der Waals surface area contributed by atoms with Crippen LogP contribution < -0.4 is 11.1 Å². The monoisotopic (exact) mass is 218 g/mol. The highest BCUT2D eigenvalue weighted by Gasteiger charge is 2.21. The molecule has 0 aromatic carbocycles. The van der Waals surface area contributed by atoms with Crippen molar-refractivity contribution in [2.24, 2.45) is 11.7 Å². The third-order valence-corrected chi connectivity index (χ3v) is 2.49. The number of aliphatic hydroxyl groups excluding tert-OH is 1. The zero-order valence-corrected chi connectivity index (χ0v) is 9.69. The summed E-state index contributed by atoms with van der Waals surface area (Å²) < 4.78 is 4.85. The average Bonchev–Trinajstić information content (AvgIpc) is 2.26. The molecular formula is C10H22N2O3. The third-order valence-electron chi connectivity index (χ3n) is 2.49. The van der Waals surface area contributed by atoms with Crippen molar-refractivity contribution in [2.45, 2.75) is 32.4 Å². The first-order valence-corrected chi connectivity index (χ1v) is 5.22. The predicted octanol–water partition coefficient (Wildman–Crippen LogP) is -0.517. The zero-order chi connectivity index (χ0) is 11.8. The number of amides is 1. The van der Waals surface area contributed by atoms with Gasteiger partial charge in [-0.3, -0.25) is 4.79 Å². The summed E-state index contributed by atoms with van der Waals surface area (Å²) in [4.78, 5) is 11.6. The Balaban J connectivity index is 4.09. The fraction of sp³-hybridized carbons (Fsp3) is 0.900. The molecule has 1 unspecified atom stereocenters. The Hall–Kier alpha value is -0.650. The minimum absolute atomic E-state index is 0.131. The number of carbonyl (C=O) groups excluding carboxylic acids is 1. The quantitative estimate of drug-likeness (QED) is 0.537. The molecule has 0 rings (SSSR count). The summed E-state index contributed by atoms with van der Waals surface area (Å²) in [5.41, 5.74) is 5.74. The molecule has 1 amide bonds. The molecule has 0 aliphatic carbocycles. The maximum Gasteiger partial charge on any atom is 0.237 e. The summed E-state index contributed by atoms with van der Waals surface area (Å²) in [6, 6.07) is -0.904. The van der Waals surface area contributed by atoms with Crippen LogP contribution in [-0.4, -0.2) is 43.4 Å². The van der Waals surface area contributed by atoms with E-state index < -0.39 is 6.04 Å². The Morgan fingerprint density at radius 2 is 2.20 bits per heavy atom. The predicted molar refractivity (Wildman–Crippen MR) is 58.3 cm³/mol. The summed E-state index contributed by atoms with van der Waals surface area (Å²) in [6.07, 6.45) is 0.850. The van der Waals surface area contributed by atoms with Crippen molar-refractivity contribution in [3.63, 3.8) is 0 Å². The van der Waals surface area contributed by atoms with Gasteiger partial charge in [0.1, 0.15) is 0 Å². The summed E-state index contributed by atoms with van der Waals surface area (Å²) in [6.45, 7) is 4.05. The molecule has 0 aliphatic heterocycles. The first kappa shape index (κ1) is 14.3. The Labute approximate surface area is 91.0 Å². The number of methoxy groups -OCH3 is 1. The molecule has 0 saturated carbocycles. The molecule has 0 heterocycles. The number of hydrogen-bond acceptors (Lipinski definition) is 4. The molecule has 0 aliphatic rings. The molecule has 0 aromatic heterocycles. The lowest BCUT2D eigenvalue weighted by Gasteiger charge is -2.21. The molecule has 15 heavy (non-hydrogen) atoms. The van der Waals surface area contributed by atoms with Crippen molar-refractivity contribution in [1.29, 1.82) is 0 Å². The SMILES string of the molecule is CC[C@H](C)[C@H](N)C(=O)NC(CO)COC. The smallest absolute Gasteiger partial charge is 0.237 e. The van der Waals surface area contributed by atoms with Crippen LogP contribution in [0.1, 0.15) is 20.3 Å². The molecule has 5 heteroatoms. The van der Waals surface area contributed by atoms with Crippen molar-refractivity contribution >= 4 is 5.91 Å².